The summed E-state index contributed by atoms with van der Waals surface area (Å²) in [6, 6.07) is 0.142. The SMILES string of the molecule is CC(=O)N1CCC(C(=O)NC2CCCC2CO)CC1. The van der Waals surface area contributed by atoms with Crippen LogP contribution in [0.5, 0.6) is 0 Å². The molecule has 1 saturated carbocycles. The van der Waals surface area contributed by atoms with Gasteiger partial charge in [-0.05, 0) is 25.7 Å². The van der Waals surface area contributed by atoms with Crippen LogP contribution in [0.4, 0.5) is 0 Å². The number of carbonyl (C=O) groups excluding carboxylic acids is 2. The molecule has 108 valence electrons. The molecule has 1 aliphatic carbocycles. The van der Waals surface area contributed by atoms with E-state index in [4.69, 9.17) is 0 Å². The van der Waals surface area contributed by atoms with Gasteiger partial charge in [-0.2, -0.15) is 0 Å². The Balaban J connectivity index is 1.80. The van der Waals surface area contributed by atoms with Gasteiger partial charge in [0.1, 0.15) is 0 Å². The van der Waals surface area contributed by atoms with E-state index in [1.807, 2.05) is 0 Å². The van der Waals surface area contributed by atoms with E-state index in [1.54, 1.807) is 11.8 Å². The molecule has 0 aromatic carbocycles. The topological polar surface area (TPSA) is 69.6 Å². The highest BCUT2D eigenvalue weighted by Gasteiger charge is 2.31. The van der Waals surface area contributed by atoms with E-state index in [9.17, 15) is 14.7 Å². The minimum atomic E-state index is 0.0237. The number of carbonyl (C=O) groups is 2. The number of hydrogen-bond donors (Lipinski definition) is 2. The largest absolute Gasteiger partial charge is 0.396 e. The predicted octanol–water partition coefficient (Wildman–Crippen LogP) is 0.522. The van der Waals surface area contributed by atoms with E-state index in [2.05, 4.69) is 5.32 Å². The van der Waals surface area contributed by atoms with Crippen LogP contribution in [-0.2, 0) is 9.59 Å². The Morgan fingerprint density at radius 2 is 1.89 bits per heavy atom. The number of amides is 2. The number of nitrogens with one attached hydrogen (secondary N) is 1. The molecule has 2 unspecified atom stereocenters. The van der Waals surface area contributed by atoms with Crippen LogP contribution in [0.3, 0.4) is 0 Å². The molecule has 0 aromatic heterocycles. The Labute approximate surface area is 114 Å². The number of rotatable bonds is 3. The van der Waals surface area contributed by atoms with Crippen LogP contribution in [-0.4, -0.2) is 47.6 Å². The summed E-state index contributed by atoms with van der Waals surface area (Å²) in [5.41, 5.74) is 0. The molecule has 2 aliphatic rings. The second-order valence-corrected chi connectivity index (χ2v) is 5.77. The van der Waals surface area contributed by atoms with Crippen molar-refractivity contribution in [3.8, 4) is 0 Å². The number of nitrogens with zero attached hydrogens (tertiary/aromatic N) is 1. The number of aliphatic hydroxyl groups is 1. The first-order valence-electron chi connectivity index (χ1n) is 7.28. The molecule has 2 atom stereocenters. The molecular weight excluding hydrogens is 244 g/mol. The highest BCUT2D eigenvalue weighted by Crippen LogP contribution is 2.26. The summed E-state index contributed by atoms with van der Waals surface area (Å²) in [7, 11) is 0. The van der Waals surface area contributed by atoms with Crippen molar-refractivity contribution < 1.29 is 14.7 Å². The van der Waals surface area contributed by atoms with Gasteiger partial charge in [-0.1, -0.05) is 6.42 Å². The maximum Gasteiger partial charge on any atom is 0.223 e. The lowest BCUT2D eigenvalue weighted by molar-refractivity contribution is -0.134. The first-order chi connectivity index (χ1) is 9.11. The van der Waals surface area contributed by atoms with Gasteiger partial charge < -0.3 is 15.3 Å². The first kappa shape index (κ1) is 14.3. The van der Waals surface area contributed by atoms with Crippen LogP contribution in [0.2, 0.25) is 0 Å². The van der Waals surface area contributed by atoms with E-state index >= 15 is 0 Å². The molecule has 2 amide bonds. The lowest BCUT2D eigenvalue weighted by atomic mass is 9.94. The fraction of sp³-hybridized carbons (Fsp3) is 0.857. The average Bonchev–Trinajstić information content (AvgIpc) is 2.86. The third-order valence-electron chi connectivity index (χ3n) is 4.53. The molecule has 0 radical (unpaired) electrons. The van der Waals surface area contributed by atoms with E-state index in [0.29, 0.717) is 13.1 Å². The van der Waals surface area contributed by atoms with Gasteiger partial charge in [0.2, 0.25) is 11.8 Å². The van der Waals surface area contributed by atoms with E-state index < -0.39 is 0 Å². The van der Waals surface area contributed by atoms with Crippen molar-refractivity contribution in [2.24, 2.45) is 11.8 Å². The van der Waals surface area contributed by atoms with E-state index in [0.717, 1.165) is 32.1 Å². The molecule has 19 heavy (non-hydrogen) atoms. The van der Waals surface area contributed by atoms with E-state index in [-0.39, 0.29) is 36.3 Å². The zero-order valence-corrected chi connectivity index (χ0v) is 11.6. The molecule has 5 nitrogen and oxygen atoms in total. The van der Waals surface area contributed by atoms with Crippen LogP contribution < -0.4 is 5.32 Å². The fourth-order valence-corrected chi connectivity index (χ4v) is 3.20. The van der Waals surface area contributed by atoms with Crippen molar-refractivity contribution in [3.05, 3.63) is 0 Å². The van der Waals surface area contributed by atoms with Gasteiger partial charge >= 0.3 is 0 Å². The minimum absolute atomic E-state index is 0.0237. The van der Waals surface area contributed by atoms with Crippen molar-refractivity contribution >= 4 is 11.8 Å². The molecule has 1 aliphatic heterocycles. The third kappa shape index (κ3) is 3.47. The Morgan fingerprint density at radius 1 is 1.21 bits per heavy atom. The zero-order valence-electron chi connectivity index (χ0n) is 11.6. The molecule has 2 rings (SSSR count). The third-order valence-corrected chi connectivity index (χ3v) is 4.53. The molecular formula is C14H24N2O3. The Morgan fingerprint density at radius 3 is 2.47 bits per heavy atom. The molecule has 5 heteroatoms. The summed E-state index contributed by atoms with van der Waals surface area (Å²) in [5.74, 6) is 0.445. The van der Waals surface area contributed by atoms with Crippen molar-refractivity contribution in [3.63, 3.8) is 0 Å². The van der Waals surface area contributed by atoms with Crippen LogP contribution in [0, 0.1) is 11.8 Å². The summed E-state index contributed by atoms with van der Waals surface area (Å²) in [4.78, 5) is 25.2. The van der Waals surface area contributed by atoms with Crippen LogP contribution in [0.25, 0.3) is 0 Å². The fourth-order valence-electron chi connectivity index (χ4n) is 3.20. The summed E-state index contributed by atoms with van der Waals surface area (Å²) in [6.45, 7) is 3.10. The van der Waals surface area contributed by atoms with Gasteiger partial charge in [0, 0.05) is 44.5 Å². The van der Waals surface area contributed by atoms with Crippen LogP contribution >= 0.6 is 0 Å². The van der Waals surface area contributed by atoms with Crippen molar-refractivity contribution in [1.29, 1.82) is 0 Å². The van der Waals surface area contributed by atoms with Crippen molar-refractivity contribution in [2.75, 3.05) is 19.7 Å². The van der Waals surface area contributed by atoms with Crippen molar-refractivity contribution in [2.45, 2.75) is 45.1 Å². The second-order valence-electron chi connectivity index (χ2n) is 5.77. The summed E-state index contributed by atoms with van der Waals surface area (Å²) in [6.07, 6.45) is 4.57. The second kappa shape index (κ2) is 6.37. The smallest absolute Gasteiger partial charge is 0.223 e. The maximum absolute atomic E-state index is 12.2. The van der Waals surface area contributed by atoms with Crippen LogP contribution in [0.1, 0.15) is 39.0 Å². The highest BCUT2D eigenvalue weighted by molar-refractivity contribution is 5.80. The number of hydrogen-bond acceptors (Lipinski definition) is 3. The predicted molar refractivity (Wildman–Crippen MR) is 71.3 cm³/mol. The van der Waals surface area contributed by atoms with Gasteiger partial charge in [-0.3, -0.25) is 9.59 Å². The Hall–Kier alpha value is -1.10. The highest BCUT2D eigenvalue weighted by atomic mass is 16.3. The summed E-state index contributed by atoms with van der Waals surface area (Å²) < 4.78 is 0. The number of likely N-dealkylation sites (tertiary alicyclic amines) is 1. The molecule has 0 aromatic rings. The lowest BCUT2D eigenvalue weighted by Gasteiger charge is -2.31. The monoisotopic (exact) mass is 268 g/mol. The molecule has 2 N–H and O–H groups in total. The molecule has 1 heterocycles. The molecule has 1 saturated heterocycles. The first-order valence-corrected chi connectivity index (χ1v) is 7.28. The van der Waals surface area contributed by atoms with Crippen molar-refractivity contribution in [1.82, 2.24) is 10.2 Å². The lowest BCUT2D eigenvalue weighted by Crippen LogP contribution is -2.46. The normalized spacial score (nSPS) is 28.4. The summed E-state index contributed by atoms with van der Waals surface area (Å²) >= 11 is 0. The zero-order chi connectivity index (χ0) is 13.8. The maximum atomic E-state index is 12.2. The number of piperidine rings is 1. The van der Waals surface area contributed by atoms with Gasteiger partial charge in [-0.15, -0.1) is 0 Å². The summed E-state index contributed by atoms with van der Waals surface area (Å²) in [5, 5.41) is 12.4. The molecule has 0 bridgehead atoms. The van der Waals surface area contributed by atoms with E-state index in [1.165, 1.54) is 0 Å². The van der Waals surface area contributed by atoms with Gasteiger partial charge in [0.25, 0.3) is 0 Å². The number of aliphatic hydroxyl groups excluding tert-OH is 1. The molecule has 2 fully saturated rings. The average molecular weight is 268 g/mol. The Bertz CT molecular complexity index is 338. The van der Waals surface area contributed by atoms with Gasteiger partial charge in [-0.25, -0.2) is 0 Å². The molecule has 0 spiro atoms. The van der Waals surface area contributed by atoms with Gasteiger partial charge in [0.15, 0.2) is 0 Å². The van der Waals surface area contributed by atoms with Gasteiger partial charge in [0.05, 0.1) is 0 Å². The quantitative estimate of drug-likeness (QED) is 0.784. The Kier molecular flexibility index (Phi) is 4.80. The minimum Gasteiger partial charge on any atom is -0.396 e. The van der Waals surface area contributed by atoms with Crippen LogP contribution in [0.15, 0.2) is 0 Å². The standard InChI is InChI=1S/C14H24N2O3/c1-10(18)16-7-5-11(6-8-16)14(19)15-13-4-2-3-12(13)9-17/h11-13,17H,2-9H2,1H3,(H,15,19).